The maximum Gasteiger partial charge on any atom is 0.460 e. The summed E-state index contributed by atoms with van der Waals surface area (Å²) in [5.41, 5.74) is 1.52. The van der Waals surface area contributed by atoms with E-state index in [1.165, 1.54) is 31.3 Å². The van der Waals surface area contributed by atoms with Crippen LogP contribution in [0.25, 0.3) is 0 Å². The molecule has 0 saturated heterocycles. The first-order valence-corrected chi connectivity index (χ1v) is 7.66. The SMILES string of the molecule is CCCCOB(OCCCC)C1CC=C(C)CC1. The molecule has 0 aromatic heterocycles. The highest BCUT2D eigenvalue weighted by Crippen LogP contribution is 2.31. The summed E-state index contributed by atoms with van der Waals surface area (Å²) in [6, 6.07) is 0. The molecule has 1 unspecified atom stereocenters. The van der Waals surface area contributed by atoms with Gasteiger partial charge in [-0.25, -0.2) is 0 Å². The first-order valence-electron chi connectivity index (χ1n) is 7.66. The van der Waals surface area contributed by atoms with Gasteiger partial charge in [-0.05, 0) is 44.8 Å². The van der Waals surface area contributed by atoms with E-state index in [1.807, 2.05) is 0 Å². The molecule has 0 amide bonds. The molecular formula is C15H29BO2. The summed E-state index contributed by atoms with van der Waals surface area (Å²) in [5, 5.41) is 0. The minimum Gasteiger partial charge on any atom is -0.411 e. The normalized spacial score (nSPS) is 19.7. The summed E-state index contributed by atoms with van der Waals surface area (Å²) in [6.07, 6.45) is 10.5. The number of hydrogen-bond donors (Lipinski definition) is 0. The molecule has 3 heteroatoms. The number of allylic oxidation sites excluding steroid dienone is 2. The molecule has 0 spiro atoms. The van der Waals surface area contributed by atoms with Gasteiger partial charge in [-0.2, -0.15) is 0 Å². The molecule has 0 aromatic carbocycles. The Labute approximate surface area is 113 Å². The van der Waals surface area contributed by atoms with Gasteiger partial charge in [-0.3, -0.25) is 0 Å². The predicted molar refractivity (Wildman–Crippen MR) is 78.8 cm³/mol. The van der Waals surface area contributed by atoms with E-state index < -0.39 is 0 Å². The molecule has 0 aliphatic heterocycles. The van der Waals surface area contributed by atoms with Crippen molar-refractivity contribution in [3.05, 3.63) is 11.6 Å². The molecule has 0 N–H and O–H groups in total. The Morgan fingerprint density at radius 3 is 2.22 bits per heavy atom. The van der Waals surface area contributed by atoms with Crippen molar-refractivity contribution < 1.29 is 9.31 Å². The van der Waals surface area contributed by atoms with Gasteiger partial charge >= 0.3 is 7.12 Å². The standard InChI is InChI=1S/C15H29BO2/c1-4-6-12-17-16(18-13-7-5-2)15-10-8-14(3)9-11-15/h8,15H,4-7,9-13H2,1-3H3. The Balaban J connectivity index is 2.37. The van der Waals surface area contributed by atoms with Gasteiger partial charge in [-0.15, -0.1) is 0 Å². The maximum absolute atomic E-state index is 5.95. The zero-order valence-corrected chi connectivity index (χ0v) is 12.4. The average molecular weight is 252 g/mol. The Kier molecular flexibility index (Phi) is 8.44. The monoisotopic (exact) mass is 252 g/mol. The predicted octanol–water partition coefficient (Wildman–Crippen LogP) is 4.61. The fourth-order valence-electron chi connectivity index (χ4n) is 2.24. The van der Waals surface area contributed by atoms with E-state index in [9.17, 15) is 0 Å². The van der Waals surface area contributed by atoms with Gasteiger partial charge < -0.3 is 9.31 Å². The van der Waals surface area contributed by atoms with E-state index >= 15 is 0 Å². The Bertz CT molecular complexity index is 231. The lowest BCUT2D eigenvalue weighted by Crippen LogP contribution is -2.31. The summed E-state index contributed by atoms with van der Waals surface area (Å²) >= 11 is 0. The van der Waals surface area contributed by atoms with Crippen LogP contribution in [0.15, 0.2) is 11.6 Å². The topological polar surface area (TPSA) is 18.5 Å². The van der Waals surface area contributed by atoms with Crippen LogP contribution >= 0.6 is 0 Å². The van der Waals surface area contributed by atoms with Gasteiger partial charge in [-0.1, -0.05) is 38.3 Å². The Morgan fingerprint density at radius 2 is 1.78 bits per heavy atom. The van der Waals surface area contributed by atoms with Crippen LogP contribution in [-0.2, 0) is 9.31 Å². The molecule has 0 radical (unpaired) electrons. The zero-order chi connectivity index (χ0) is 13.2. The van der Waals surface area contributed by atoms with Gasteiger partial charge in [0.25, 0.3) is 0 Å². The molecule has 1 rings (SSSR count). The molecule has 0 saturated carbocycles. The molecule has 1 atom stereocenters. The highest BCUT2D eigenvalue weighted by atomic mass is 16.6. The van der Waals surface area contributed by atoms with Crippen LogP contribution in [0.4, 0.5) is 0 Å². The number of unbranched alkanes of at least 4 members (excludes halogenated alkanes) is 2. The van der Waals surface area contributed by atoms with E-state index in [4.69, 9.17) is 9.31 Å². The molecule has 0 bridgehead atoms. The molecular weight excluding hydrogens is 223 g/mol. The van der Waals surface area contributed by atoms with Crippen LogP contribution in [0.2, 0.25) is 5.82 Å². The Morgan fingerprint density at radius 1 is 1.17 bits per heavy atom. The van der Waals surface area contributed by atoms with E-state index in [0.29, 0.717) is 5.82 Å². The van der Waals surface area contributed by atoms with Crippen LogP contribution in [0.5, 0.6) is 0 Å². The van der Waals surface area contributed by atoms with Crippen molar-refractivity contribution in [1.82, 2.24) is 0 Å². The van der Waals surface area contributed by atoms with Gasteiger partial charge in [0.05, 0.1) is 0 Å². The van der Waals surface area contributed by atoms with E-state index in [1.54, 1.807) is 0 Å². The van der Waals surface area contributed by atoms with Gasteiger partial charge in [0.2, 0.25) is 0 Å². The lowest BCUT2D eigenvalue weighted by atomic mass is 9.65. The molecule has 0 heterocycles. The quantitative estimate of drug-likeness (QED) is 0.339. The summed E-state index contributed by atoms with van der Waals surface area (Å²) in [4.78, 5) is 0. The fraction of sp³-hybridized carbons (Fsp3) is 0.867. The van der Waals surface area contributed by atoms with Crippen LogP contribution < -0.4 is 0 Å². The summed E-state index contributed by atoms with van der Waals surface area (Å²) < 4.78 is 11.9. The number of rotatable bonds is 9. The largest absolute Gasteiger partial charge is 0.460 e. The third-order valence-electron chi connectivity index (χ3n) is 3.62. The minimum atomic E-state index is 0.0208. The second-order valence-corrected chi connectivity index (χ2v) is 5.40. The smallest absolute Gasteiger partial charge is 0.411 e. The first-order chi connectivity index (χ1) is 8.77. The van der Waals surface area contributed by atoms with Crippen LogP contribution in [-0.4, -0.2) is 20.3 Å². The van der Waals surface area contributed by atoms with Crippen molar-refractivity contribution in [3.63, 3.8) is 0 Å². The van der Waals surface area contributed by atoms with Crippen LogP contribution in [0.3, 0.4) is 0 Å². The lowest BCUT2D eigenvalue weighted by Gasteiger charge is -2.25. The second kappa shape index (κ2) is 9.63. The molecule has 0 aromatic rings. The van der Waals surface area contributed by atoms with Crippen molar-refractivity contribution in [2.45, 2.75) is 71.5 Å². The Hall–Kier alpha value is -0.275. The third kappa shape index (κ3) is 6.06. The van der Waals surface area contributed by atoms with Crippen molar-refractivity contribution in [3.8, 4) is 0 Å². The molecule has 1 aliphatic rings. The van der Waals surface area contributed by atoms with E-state index in [0.717, 1.165) is 32.5 Å². The maximum atomic E-state index is 5.95. The summed E-state index contributed by atoms with van der Waals surface area (Å²) in [6.45, 7) is 8.30. The first kappa shape index (κ1) is 15.8. The van der Waals surface area contributed by atoms with Crippen molar-refractivity contribution in [2.24, 2.45) is 0 Å². The lowest BCUT2D eigenvalue weighted by molar-refractivity contribution is 0.180. The second-order valence-electron chi connectivity index (χ2n) is 5.40. The van der Waals surface area contributed by atoms with Crippen molar-refractivity contribution in [2.75, 3.05) is 13.2 Å². The highest BCUT2D eigenvalue weighted by Gasteiger charge is 2.30. The van der Waals surface area contributed by atoms with Gasteiger partial charge in [0.15, 0.2) is 0 Å². The zero-order valence-electron chi connectivity index (χ0n) is 12.4. The summed E-state index contributed by atoms with van der Waals surface area (Å²) in [7, 11) is 0.0208. The van der Waals surface area contributed by atoms with Crippen molar-refractivity contribution in [1.29, 1.82) is 0 Å². The highest BCUT2D eigenvalue weighted by molar-refractivity contribution is 6.46. The van der Waals surface area contributed by atoms with E-state index in [2.05, 4.69) is 26.8 Å². The van der Waals surface area contributed by atoms with Gasteiger partial charge in [0.1, 0.15) is 0 Å². The van der Waals surface area contributed by atoms with Gasteiger partial charge in [0, 0.05) is 13.2 Å². The fourth-order valence-corrected chi connectivity index (χ4v) is 2.24. The van der Waals surface area contributed by atoms with E-state index in [-0.39, 0.29) is 7.12 Å². The van der Waals surface area contributed by atoms with Crippen molar-refractivity contribution >= 4 is 7.12 Å². The van der Waals surface area contributed by atoms with Crippen LogP contribution in [0, 0.1) is 0 Å². The third-order valence-corrected chi connectivity index (χ3v) is 3.62. The van der Waals surface area contributed by atoms with Crippen LogP contribution in [0.1, 0.15) is 65.7 Å². The molecule has 0 fully saturated rings. The minimum absolute atomic E-state index is 0.0208. The summed E-state index contributed by atoms with van der Waals surface area (Å²) in [5.74, 6) is 0.558. The molecule has 104 valence electrons. The average Bonchev–Trinajstić information content (AvgIpc) is 2.38. The molecule has 1 aliphatic carbocycles. The molecule has 18 heavy (non-hydrogen) atoms. The number of hydrogen-bond acceptors (Lipinski definition) is 2. The molecule has 2 nitrogen and oxygen atoms in total.